The van der Waals surface area contributed by atoms with Crippen LogP contribution in [0.3, 0.4) is 0 Å². The molecule has 0 bridgehead atoms. The molecule has 0 aliphatic carbocycles. The van der Waals surface area contributed by atoms with Crippen LogP contribution in [0.25, 0.3) is 6.08 Å². The van der Waals surface area contributed by atoms with Crippen molar-refractivity contribution in [3.63, 3.8) is 0 Å². The van der Waals surface area contributed by atoms with Crippen LogP contribution in [0.2, 0.25) is 5.02 Å². The lowest BCUT2D eigenvalue weighted by Crippen LogP contribution is -1.96. The highest BCUT2D eigenvalue weighted by Gasteiger charge is 2.02. The Balaban J connectivity index is 2.93. The molecular formula is C13H11ClO3. The lowest BCUT2D eigenvalue weighted by Gasteiger charge is -2.06. The van der Waals surface area contributed by atoms with Gasteiger partial charge in [-0.2, -0.15) is 0 Å². The van der Waals surface area contributed by atoms with Crippen LogP contribution >= 0.6 is 11.6 Å². The lowest BCUT2D eigenvalue weighted by atomic mass is 10.2. The topological polar surface area (TPSA) is 46.5 Å². The van der Waals surface area contributed by atoms with Crippen molar-refractivity contribution in [2.45, 2.75) is 6.92 Å². The number of benzene rings is 1. The Morgan fingerprint density at radius 3 is 3.00 bits per heavy atom. The molecule has 0 spiro atoms. The third kappa shape index (κ3) is 4.62. The first-order valence-corrected chi connectivity index (χ1v) is 5.24. The van der Waals surface area contributed by atoms with Crippen molar-refractivity contribution in [1.29, 1.82) is 0 Å². The van der Waals surface area contributed by atoms with Crippen LogP contribution in [0, 0.1) is 11.8 Å². The highest BCUT2D eigenvalue weighted by atomic mass is 35.5. The molecule has 0 saturated carbocycles. The maximum Gasteiger partial charge on any atom is 0.328 e. The first-order valence-electron chi connectivity index (χ1n) is 4.86. The Morgan fingerprint density at radius 2 is 2.35 bits per heavy atom. The van der Waals surface area contributed by atoms with Gasteiger partial charge in [-0.3, -0.25) is 0 Å². The van der Waals surface area contributed by atoms with E-state index in [4.69, 9.17) is 21.4 Å². The van der Waals surface area contributed by atoms with E-state index < -0.39 is 5.97 Å². The summed E-state index contributed by atoms with van der Waals surface area (Å²) < 4.78 is 5.39. The van der Waals surface area contributed by atoms with Crippen LogP contribution in [0.15, 0.2) is 24.3 Å². The van der Waals surface area contributed by atoms with Crippen LogP contribution < -0.4 is 4.74 Å². The number of hydrogen-bond acceptors (Lipinski definition) is 2. The summed E-state index contributed by atoms with van der Waals surface area (Å²) in [6.45, 7) is 1.97. The molecule has 0 atom stereocenters. The molecule has 1 N–H and O–H groups in total. The van der Waals surface area contributed by atoms with Crippen molar-refractivity contribution >= 4 is 23.6 Å². The highest BCUT2D eigenvalue weighted by molar-refractivity contribution is 6.30. The van der Waals surface area contributed by atoms with Gasteiger partial charge in [-0.15, -0.1) is 5.92 Å². The second kappa shape index (κ2) is 6.62. The van der Waals surface area contributed by atoms with Gasteiger partial charge in [-0.05, 0) is 31.2 Å². The second-order valence-electron chi connectivity index (χ2n) is 3.07. The molecular weight excluding hydrogens is 240 g/mol. The molecule has 0 heterocycles. The van der Waals surface area contributed by atoms with Gasteiger partial charge in [0.15, 0.2) is 0 Å². The van der Waals surface area contributed by atoms with Crippen molar-refractivity contribution < 1.29 is 14.6 Å². The van der Waals surface area contributed by atoms with Crippen LogP contribution in [0.4, 0.5) is 0 Å². The minimum absolute atomic E-state index is 0.256. The molecule has 0 aromatic heterocycles. The van der Waals surface area contributed by atoms with Gasteiger partial charge < -0.3 is 9.84 Å². The molecule has 1 rings (SSSR count). The Bertz CT molecular complexity index is 495. The Kier molecular flexibility index (Phi) is 5.12. The van der Waals surface area contributed by atoms with Gasteiger partial charge in [0.1, 0.15) is 12.4 Å². The summed E-state index contributed by atoms with van der Waals surface area (Å²) in [4.78, 5) is 10.4. The monoisotopic (exact) mass is 250 g/mol. The van der Waals surface area contributed by atoms with Gasteiger partial charge in [-0.1, -0.05) is 17.5 Å². The van der Waals surface area contributed by atoms with E-state index in [1.54, 1.807) is 25.1 Å². The average molecular weight is 251 g/mol. The number of halogens is 1. The standard InChI is InChI=1S/C13H11ClO3/c1-2-3-8-17-12-6-5-11(14)9-10(12)4-7-13(15)16/h4-7,9H,8H2,1H3,(H,15,16). The number of aliphatic carboxylic acids is 1. The number of rotatable bonds is 4. The van der Waals surface area contributed by atoms with E-state index in [1.165, 1.54) is 6.08 Å². The molecule has 0 aliphatic heterocycles. The zero-order valence-corrected chi connectivity index (χ0v) is 9.99. The van der Waals surface area contributed by atoms with Crippen LogP contribution in [0.1, 0.15) is 12.5 Å². The second-order valence-corrected chi connectivity index (χ2v) is 3.51. The maximum absolute atomic E-state index is 10.4. The fraction of sp³-hybridized carbons (Fsp3) is 0.154. The Morgan fingerprint density at radius 1 is 1.59 bits per heavy atom. The zero-order valence-electron chi connectivity index (χ0n) is 9.24. The SMILES string of the molecule is CC#CCOc1ccc(Cl)cc1C=CC(=O)O. The normalized spacial score (nSPS) is 9.76. The number of ether oxygens (including phenoxy) is 1. The minimum Gasteiger partial charge on any atom is -0.480 e. The van der Waals surface area contributed by atoms with Gasteiger partial charge in [0.05, 0.1) is 0 Å². The molecule has 0 fully saturated rings. The largest absolute Gasteiger partial charge is 0.480 e. The van der Waals surface area contributed by atoms with E-state index in [0.717, 1.165) is 6.08 Å². The third-order valence-electron chi connectivity index (χ3n) is 1.85. The minimum atomic E-state index is -1.02. The summed E-state index contributed by atoms with van der Waals surface area (Å²) in [5, 5.41) is 9.08. The van der Waals surface area contributed by atoms with Gasteiger partial charge in [0.2, 0.25) is 0 Å². The summed E-state index contributed by atoms with van der Waals surface area (Å²) in [6, 6.07) is 4.99. The first kappa shape index (κ1) is 13.1. The summed E-state index contributed by atoms with van der Waals surface area (Å²) in [7, 11) is 0. The van der Waals surface area contributed by atoms with E-state index in [-0.39, 0.29) is 6.61 Å². The van der Waals surface area contributed by atoms with Crippen LogP contribution in [-0.2, 0) is 4.79 Å². The predicted octanol–water partition coefficient (Wildman–Crippen LogP) is 2.84. The molecule has 0 aliphatic rings. The average Bonchev–Trinajstić information content (AvgIpc) is 2.29. The highest BCUT2D eigenvalue weighted by Crippen LogP contribution is 2.24. The number of carboxylic acids is 1. The Hall–Kier alpha value is -1.92. The zero-order chi connectivity index (χ0) is 12.7. The number of carbonyl (C=O) groups is 1. The van der Waals surface area contributed by atoms with E-state index in [0.29, 0.717) is 16.3 Å². The molecule has 17 heavy (non-hydrogen) atoms. The fourth-order valence-corrected chi connectivity index (χ4v) is 1.31. The van der Waals surface area contributed by atoms with Crippen molar-refractivity contribution in [3.8, 4) is 17.6 Å². The molecule has 0 radical (unpaired) electrons. The molecule has 1 aromatic rings. The predicted molar refractivity (Wildman–Crippen MR) is 67.1 cm³/mol. The van der Waals surface area contributed by atoms with E-state index >= 15 is 0 Å². The molecule has 0 amide bonds. The molecule has 0 saturated heterocycles. The molecule has 1 aromatic carbocycles. The molecule has 4 heteroatoms. The summed E-state index contributed by atoms with van der Waals surface area (Å²) >= 11 is 5.83. The summed E-state index contributed by atoms with van der Waals surface area (Å²) in [5.41, 5.74) is 0.609. The van der Waals surface area contributed by atoms with Gasteiger partial charge in [0.25, 0.3) is 0 Å². The van der Waals surface area contributed by atoms with Gasteiger partial charge in [-0.25, -0.2) is 4.79 Å². The quantitative estimate of drug-likeness (QED) is 0.660. The van der Waals surface area contributed by atoms with Crippen molar-refractivity contribution in [2.75, 3.05) is 6.61 Å². The van der Waals surface area contributed by atoms with E-state index in [2.05, 4.69) is 11.8 Å². The number of hydrogen-bond donors (Lipinski definition) is 1. The summed E-state index contributed by atoms with van der Waals surface area (Å²) in [6.07, 6.45) is 2.47. The van der Waals surface area contributed by atoms with Gasteiger partial charge in [0, 0.05) is 16.7 Å². The van der Waals surface area contributed by atoms with Crippen molar-refractivity contribution in [3.05, 3.63) is 34.9 Å². The maximum atomic E-state index is 10.4. The first-order chi connectivity index (χ1) is 8.13. The van der Waals surface area contributed by atoms with Crippen LogP contribution in [0.5, 0.6) is 5.75 Å². The third-order valence-corrected chi connectivity index (χ3v) is 2.09. The van der Waals surface area contributed by atoms with Gasteiger partial charge >= 0.3 is 5.97 Å². The molecule has 3 nitrogen and oxygen atoms in total. The van der Waals surface area contributed by atoms with E-state index in [1.807, 2.05) is 0 Å². The molecule has 0 unspecified atom stereocenters. The van der Waals surface area contributed by atoms with Crippen molar-refractivity contribution in [2.24, 2.45) is 0 Å². The van der Waals surface area contributed by atoms with Crippen LogP contribution in [-0.4, -0.2) is 17.7 Å². The lowest BCUT2D eigenvalue weighted by molar-refractivity contribution is -0.131. The van der Waals surface area contributed by atoms with Crippen molar-refractivity contribution in [1.82, 2.24) is 0 Å². The Labute approximate surface area is 105 Å². The molecule has 88 valence electrons. The summed E-state index contributed by atoms with van der Waals surface area (Å²) in [5.74, 6) is 4.99. The number of carboxylic acid groups (broad SMARTS) is 1. The smallest absolute Gasteiger partial charge is 0.328 e. The van der Waals surface area contributed by atoms with E-state index in [9.17, 15) is 4.79 Å². The fourth-order valence-electron chi connectivity index (χ4n) is 1.13.